The van der Waals surface area contributed by atoms with Crippen LogP contribution in [0.4, 0.5) is 13.2 Å². The number of alkyl halides is 3. The van der Waals surface area contributed by atoms with Gasteiger partial charge < -0.3 is 14.8 Å². The van der Waals surface area contributed by atoms with E-state index in [1.807, 2.05) is 0 Å². The lowest BCUT2D eigenvalue weighted by atomic mass is 10.2. The van der Waals surface area contributed by atoms with Gasteiger partial charge in [-0.15, -0.1) is 13.2 Å². The first-order chi connectivity index (χ1) is 7.87. The van der Waals surface area contributed by atoms with Gasteiger partial charge in [-0.3, -0.25) is 0 Å². The Morgan fingerprint density at radius 1 is 1.35 bits per heavy atom. The van der Waals surface area contributed by atoms with Crippen molar-refractivity contribution >= 4 is 16.9 Å². The fraction of sp³-hybridized carbons (Fsp3) is 0.100. The van der Waals surface area contributed by atoms with E-state index in [0.29, 0.717) is 0 Å². The molecule has 0 spiro atoms. The van der Waals surface area contributed by atoms with E-state index in [1.165, 1.54) is 12.1 Å². The highest BCUT2D eigenvalue weighted by molar-refractivity contribution is 5.96. The maximum Gasteiger partial charge on any atom is 0.573 e. The van der Waals surface area contributed by atoms with Crippen LogP contribution in [0.5, 0.6) is 5.75 Å². The van der Waals surface area contributed by atoms with E-state index in [-0.39, 0.29) is 16.6 Å². The van der Waals surface area contributed by atoms with Crippen molar-refractivity contribution in [2.24, 2.45) is 0 Å². The Balaban J connectivity index is 2.53. The first-order valence-corrected chi connectivity index (χ1v) is 4.47. The molecule has 90 valence electrons. The lowest BCUT2D eigenvalue weighted by molar-refractivity contribution is -0.274. The van der Waals surface area contributed by atoms with Crippen LogP contribution in [-0.4, -0.2) is 22.4 Å². The van der Waals surface area contributed by atoms with Crippen molar-refractivity contribution in [3.63, 3.8) is 0 Å². The van der Waals surface area contributed by atoms with Crippen molar-refractivity contribution < 1.29 is 27.8 Å². The van der Waals surface area contributed by atoms with Crippen molar-refractivity contribution in [2.45, 2.75) is 6.36 Å². The molecular weight excluding hydrogens is 239 g/mol. The summed E-state index contributed by atoms with van der Waals surface area (Å²) in [5.74, 6) is -1.68. The molecule has 1 aromatic carbocycles. The number of rotatable bonds is 2. The predicted octanol–water partition coefficient (Wildman–Crippen LogP) is 2.76. The number of ether oxygens (including phenoxy) is 1. The van der Waals surface area contributed by atoms with Crippen molar-refractivity contribution in [3.8, 4) is 5.75 Å². The van der Waals surface area contributed by atoms with Crippen LogP contribution in [0.1, 0.15) is 10.5 Å². The first-order valence-electron chi connectivity index (χ1n) is 4.47. The lowest BCUT2D eigenvalue weighted by Gasteiger charge is -2.09. The summed E-state index contributed by atoms with van der Waals surface area (Å²) < 4.78 is 40.1. The zero-order chi connectivity index (χ0) is 12.6. The van der Waals surface area contributed by atoms with Crippen LogP contribution in [-0.2, 0) is 0 Å². The van der Waals surface area contributed by atoms with Gasteiger partial charge in [0, 0.05) is 10.9 Å². The highest BCUT2D eigenvalue weighted by atomic mass is 19.4. The Bertz CT molecular complexity index is 574. The molecule has 17 heavy (non-hydrogen) atoms. The number of aromatic nitrogens is 1. The van der Waals surface area contributed by atoms with Gasteiger partial charge in [0.2, 0.25) is 0 Å². The topological polar surface area (TPSA) is 62.3 Å². The zero-order valence-corrected chi connectivity index (χ0v) is 8.21. The summed E-state index contributed by atoms with van der Waals surface area (Å²) in [6.45, 7) is 0. The van der Waals surface area contributed by atoms with E-state index < -0.39 is 18.1 Å². The van der Waals surface area contributed by atoms with Crippen LogP contribution >= 0.6 is 0 Å². The number of carboxylic acids is 1. The van der Waals surface area contributed by atoms with Crippen LogP contribution in [0.3, 0.4) is 0 Å². The van der Waals surface area contributed by atoms with Crippen molar-refractivity contribution in [1.82, 2.24) is 4.98 Å². The van der Waals surface area contributed by atoms with E-state index in [0.717, 1.165) is 12.1 Å². The number of benzene rings is 1. The SMILES string of the molecule is O=C(O)c1cc2c(OC(F)(F)F)cccc2[nH]1. The minimum absolute atomic E-state index is 0.0715. The van der Waals surface area contributed by atoms with Gasteiger partial charge in [-0.25, -0.2) is 4.79 Å². The molecule has 0 atom stereocenters. The number of hydrogen-bond donors (Lipinski definition) is 2. The summed E-state index contributed by atoms with van der Waals surface area (Å²) in [6.07, 6.45) is -4.81. The van der Waals surface area contributed by atoms with Gasteiger partial charge >= 0.3 is 12.3 Å². The molecule has 0 aliphatic carbocycles. The maximum atomic E-state index is 12.1. The summed E-state index contributed by atoms with van der Waals surface area (Å²) >= 11 is 0. The number of halogens is 3. The fourth-order valence-electron chi connectivity index (χ4n) is 1.46. The van der Waals surface area contributed by atoms with E-state index >= 15 is 0 Å². The molecule has 0 bridgehead atoms. The van der Waals surface area contributed by atoms with Crippen molar-refractivity contribution in [2.75, 3.05) is 0 Å². The minimum atomic E-state index is -4.81. The summed E-state index contributed by atoms with van der Waals surface area (Å²) in [6, 6.07) is 5.02. The number of carbonyl (C=O) groups is 1. The molecule has 2 N–H and O–H groups in total. The molecule has 0 aliphatic rings. The van der Waals surface area contributed by atoms with Crippen LogP contribution in [0.15, 0.2) is 24.3 Å². The van der Waals surface area contributed by atoms with E-state index in [9.17, 15) is 18.0 Å². The third kappa shape index (κ3) is 2.32. The van der Waals surface area contributed by atoms with Gasteiger partial charge in [-0.2, -0.15) is 0 Å². The minimum Gasteiger partial charge on any atom is -0.477 e. The van der Waals surface area contributed by atoms with Gasteiger partial charge in [0.05, 0.1) is 0 Å². The summed E-state index contributed by atoms with van der Waals surface area (Å²) in [5, 5.41) is 8.79. The number of nitrogens with one attached hydrogen (secondary N) is 1. The second-order valence-electron chi connectivity index (χ2n) is 3.25. The average Bonchev–Trinajstić information content (AvgIpc) is 2.60. The quantitative estimate of drug-likeness (QED) is 0.855. The van der Waals surface area contributed by atoms with Crippen LogP contribution in [0, 0.1) is 0 Å². The molecule has 7 heteroatoms. The molecule has 0 saturated carbocycles. The number of H-pyrrole nitrogens is 1. The molecule has 0 unspecified atom stereocenters. The molecule has 1 aromatic heterocycles. The summed E-state index contributed by atoms with van der Waals surface area (Å²) in [7, 11) is 0. The fourth-order valence-corrected chi connectivity index (χ4v) is 1.46. The number of fused-ring (bicyclic) bond motifs is 1. The summed E-state index contributed by atoms with van der Waals surface area (Å²) in [5.41, 5.74) is 0.0716. The van der Waals surface area contributed by atoms with E-state index in [2.05, 4.69) is 9.72 Å². The zero-order valence-electron chi connectivity index (χ0n) is 8.21. The smallest absolute Gasteiger partial charge is 0.477 e. The Morgan fingerprint density at radius 3 is 2.65 bits per heavy atom. The molecule has 0 fully saturated rings. The number of aromatic amines is 1. The first kappa shape index (κ1) is 11.3. The maximum absolute atomic E-state index is 12.1. The lowest BCUT2D eigenvalue weighted by Crippen LogP contribution is -2.17. The molecule has 2 rings (SSSR count). The molecular formula is C10H6F3NO3. The van der Waals surface area contributed by atoms with Gasteiger partial charge in [0.1, 0.15) is 11.4 Å². The second kappa shape index (κ2) is 3.69. The predicted molar refractivity (Wildman–Crippen MR) is 51.9 cm³/mol. The molecule has 0 aliphatic heterocycles. The standard InChI is InChI=1S/C10H6F3NO3/c11-10(12,13)17-8-3-1-2-6-5(8)4-7(14-6)9(15)16/h1-4,14H,(H,15,16). The number of carboxylic acid groups (broad SMARTS) is 1. The average molecular weight is 245 g/mol. The molecule has 0 radical (unpaired) electrons. The second-order valence-corrected chi connectivity index (χ2v) is 3.25. The third-order valence-electron chi connectivity index (χ3n) is 2.08. The molecule has 4 nitrogen and oxygen atoms in total. The molecule has 1 heterocycles. The van der Waals surface area contributed by atoms with Gasteiger partial charge in [0.25, 0.3) is 0 Å². The largest absolute Gasteiger partial charge is 0.573 e. The summed E-state index contributed by atoms with van der Waals surface area (Å²) in [4.78, 5) is 13.1. The Morgan fingerprint density at radius 2 is 2.06 bits per heavy atom. The van der Waals surface area contributed by atoms with Gasteiger partial charge in [-0.1, -0.05) is 6.07 Å². The highest BCUT2D eigenvalue weighted by Crippen LogP contribution is 2.30. The van der Waals surface area contributed by atoms with Crippen molar-refractivity contribution in [1.29, 1.82) is 0 Å². The Kier molecular flexibility index (Phi) is 2.45. The Hall–Kier alpha value is -2.18. The van der Waals surface area contributed by atoms with Gasteiger partial charge in [0.15, 0.2) is 0 Å². The van der Waals surface area contributed by atoms with Crippen LogP contribution in [0.2, 0.25) is 0 Å². The monoisotopic (exact) mass is 245 g/mol. The Labute approximate surface area is 92.6 Å². The molecule has 0 saturated heterocycles. The van der Waals surface area contributed by atoms with Gasteiger partial charge in [-0.05, 0) is 18.2 Å². The van der Waals surface area contributed by atoms with Crippen LogP contribution in [0.25, 0.3) is 10.9 Å². The normalized spacial score (nSPS) is 11.7. The number of hydrogen-bond acceptors (Lipinski definition) is 2. The van der Waals surface area contributed by atoms with E-state index in [1.54, 1.807) is 0 Å². The third-order valence-corrected chi connectivity index (χ3v) is 2.08. The molecule has 2 aromatic rings. The number of aromatic carboxylic acids is 1. The van der Waals surface area contributed by atoms with E-state index in [4.69, 9.17) is 5.11 Å². The van der Waals surface area contributed by atoms with Crippen LogP contribution < -0.4 is 4.74 Å². The van der Waals surface area contributed by atoms with Crippen molar-refractivity contribution in [3.05, 3.63) is 30.0 Å². The molecule has 0 amide bonds. The highest BCUT2D eigenvalue weighted by Gasteiger charge is 2.32.